The number of halogens is 2. The van der Waals surface area contributed by atoms with E-state index in [0.717, 1.165) is 11.4 Å². The number of nitrogens with zero attached hydrogens (tertiary/aromatic N) is 2. The molecule has 0 aromatic carbocycles. The van der Waals surface area contributed by atoms with Crippen LogP contribution in [-0.2, 0) is 20.4 Å². The van der Waals surface area contributed by atoms with E-state index in [-0.39, 0.29) is 54.4 Å². The van der Waals surface area contributed by atoms with Crippen molar-refractivity contribution in [2.45, 2.75) is 13.8 Å². The number of aryl methyl sites for hydroxylation is 2. The molecule has 0 amide bonds. The van der Waals surface area contributed by atoms with Crippen LogP contribution in [0.2, 0.25) is 0 Å². The molecule has 1 aromatic rings. The van der Waals surface area contributed by atoms with E-state index in [2.05, 4.69) is 5.10 Å². The Labute approximate surface area is 118 Å². The maximum Gasteiger partial charge on any atom is 2.00 e. The van der Waals surface area contributed by atoms with Crippen molar-refractivity contribution >= 4 is 17.3 Å². The topological polar surface area (TPSA) is 43.8 Å². The van der Waals surface area contributed by atoms with Crippen LogP contribution in [0.1, 0.15) is 11.4 Å². The number of thiocarbonyl (C=S) groups is 1. The first-order valence-corrected chi connectivity index (χ1v) is 3.35. The van der Waals surface area contributed by atoms with Crippen molar-refractivity contribution in [1.29, 1.82) is 0 Å². The second kappa shape index (κ2) is 8.07. The first kappa shape index (κ1) is 19.3. The third kappa shape index (κ3) is 5.23. The smallest absolute Gasteiger partial charge is 1.00 e. The van der Waals surface area contributed by atoms with Gasteiger partial charge in [0.05, 0.1) is 5.69 Å². The van der Waals surface area contributed by atoms with Crippen molar-refractivity contribution in [1.82, 2.24) is 9.78 Å². The van der Waals surface area contributed by atoms with Crippen molar-refractivity contribution < 1.29 is 54.4 Å². The molecule has 1 heterocycles. The molecule has 7 heteroatoms. The fourth-order valence-electron chi connectivity index (χ4n) is 0.852. The van der Waals surface area contributed by atoms with Crippen LogP contribution in [0.25, 0.3) is 0 Å². The maximum atomic E-state index is 5.36. The number of hydrogen-bond acceptors (Lipinski definition) is 2. The van der Waals surface area contributed by atoms with Crippen LogP contribution in [0.4, 0.5) is 0 Å². The van der Waals surface area contributed by atoms with Crippen LogP contribution < -0.4 is 39.7 Å². The molecular weight excluding hydrogens is 412 g/mol. The van der Waals surface area contributed by atoms with Gasteiger partial charge < -0.3 is 39.7 Å². The molecule has 0 radical (unpaired) electrons. The molecule has 0 aliphatic rings. The van der Waals surface area contributed by atoms with E-state index in [1.54, 1.807) is 4.68 Å². The van der Waals surface area contributed by atoms with Crippen molar-refractivity contribution in [2.75, 3.05) is 0 Å². The van der Waals surface area contributed by atoms with Gasteiger partial charge in [0.15, 0.2) is 5.11 Å². The fourth-order valence-corrected chi connectivity index (χ4v) is 1.04. The predicted octanol–water partition coefficient (Wildman–Crippen LogP) is -5.40. The van der Waals surface area contributed by atoms with E-state index in [9.17, 15) is 0 Å². The molecule has 0 aliphatic carbocycles. The largest absolute Gasteiger partial charge is 2.00 e. The summed E-state index contributed by atoms with van der Waals surface area (Å²) in [6.07, 6.45) is 0. The zero-order chi connectivity index (χ0) is 7.72. The van der Waals surface area contributed by atoms with Gasteiger partial charge in [0, 0.05) is 5.69 Å². The SMILES string of the molecule is Cc1cc(C)n(C(N)=S)n1.[Br-].[Br-].[Pd+2]. The van der Waals surface area contributed by atoms with Crippen molar-refractivity contribution in [3.8, 4) is 0 Å². The summed E-state index contributed by atoms with van der Waals surface area (Å²) in [5.41, 5.74) is 7.27. The Bertz CT molecular complexity index is 277. The van der Waals surface area contributed by atoms with Gasteiger partial charge in [-0.2, -0.15) is 5.10 Å². The standard InChI is InChI=1S/C6H9N3S.2BrH.Pd/c1-4-3-5(2)9(8-4)6(7)10;;;/h3H,1-2H3,(H2,7,10);2*1H;/q;;;+2/p-2. The molecule has 13 heavy (non-hydrogen) atoms. The summed E-state index contributed by atoms with van der Waals surface area (Å²) in [6, 6.07) is 1.93. The second-order valence-electron chi connectivity index (χ2n) is 2.18. The second-order valence-corrected chi connectivity index (χ2v) is 2.60. The molecule has 0 aliphatic heterocycles. The van der Waals surface area contributed by atoms with E-state index in [0.29, 0.717) is 5.11 Å². The van der Waals surface area contributed by atoms with Gasteiger partial charge in [0.2, 0.25) is 0 Å². The Morgan fingerprint density at radius 3 is 2.08 bits per heavy atom. The number of aromatic nitrogens is 2. The van der Waals surface area contributed by atoms with Gasteiger partial charge in [-0.3, -0.25) is 0 Å². The molecule has 1 aromatic heterocycles. The van der Waals surface area contributed by atoms with Gasteiger partial charge in [-0.25, -0.2) is 4.68 Å². The minimum Gasteiger partial charge on any atom is -1.00 e. The molecule has 2 N–H and O–H groups in total. The minimum atomic E-state index is 0. The molecule has 0 fully saturated rings. The summed E-state index contributed by atoms with van der Waals surface area (Å²) in [4.78, 5) is 0. The van der Waals surface area contributed by atoms with Gasteiger partial charge in [-0.1, -0.05) is 0 Å². The van der Waals surface area contributed by atoms with E-state index in [1.165, 1.54) is 0 Å². The van der Waals surface area contributed by atoms with Crippen LogP contribution in [-0.4, -0.2) is 14.9 Å². The third-order valence-corrected chi connectivity index (χ3v) is 1.39. The van der Waals surface area contributed by atoms with Crippen LogP contribution >= 0.6 is 12.2 Å². The summed E-state index contributed by atoms with van der Waals surface area (Å²) in [7, 11) is 0. The van der Waals surface area contributed by atoms with Gasteiger partial charge >= 0.3 is 20.4 Å². The van der Waals surface area contributed by atoms with E-state index < -0.39 is 0 Å². The zero-order valence-electron chi connectivity index (χ0n) is 7.03. The van der Waals surface area contributed by atoms with Crippen LogP contribution in [0, 0.1) is 13.8 Å². The Kier molecular flexibility index (Phi) is 12.0. The minimum absolute atomic E-state index is 0. The molecule has 0 bridgehead atoms. The molecule has 0 atom stereocenters. The number of rotatable bonds is 0. The Morgan fingerprint density at radius 1 is 1.46 bits per heavy atom. The van der Waals surface area contributed by atoms with Crippen LogP contribution in [0.5, 0.6) is 0 Å². The number of hydrogen-bond donors (Lipinski definition) is 1. The average molecular weight is 421 g/mol. The summed E-state index contributed by atoms with van der Waals surface area (Å²) in [5, 5.41) is 4.36. The van der Waals surface area contributed by atoms with Crippen molar-refractivity contribution in [2.24, 2.45) is 5.73 Å². The molecule has 1 rings (SSSR count). The zero-order valence-corrected chi connectivity index (χ0v) is 12.6. The first-order chi connectivity index (χ1) is 4.61. The van der Waals surface area contributed by atoms with Crippen LogP contribution in [0.3, 0.4) is 0 Å². The van der Waals surface area contributed by atoms with E-state index in [4.69, 9.17) is 18.0 Å². The quantitative estimate of drug-likeness (QED) is 0.336. The van der Waals surface area contributed by atoms with Crippen molar-refractivity contribution in [3.63, 3.8) is 0 Å². The Balaban J connectivity index is -0.000000333. The van der Waals surface area contributed by atoms with E-state index >= 15 is 0 Å². The fraction of sp³-hybridized carbons (Fsp3) is 0.333. The number of nitrogens with two attached hydrogens (primary N) is 1. The maximum absolute atomic E-state index is 5.36. The average Bonchev–Trinajstić information content (AvgIpc) is 2.10. The normalized spacial score (nSPS) is 7.54. The van der Waals surface area contributed by atoms with Crippen LogP contribution in [0.15, 0.2) is 6.07 Å². The predicted molar refractivity (Wildman–Crippen MR) is 43.9 cm³/mol. The Hall–Kier alpha value is 0.722. The van der Waals surface area contributed by atoms with Gasteiger partial charge in [-0.15, -0.1) is 0 Å². The molecule has 0 spiro atoms. The monoisotopic (exact) mass is 419 g/mol. The Morgan fingerprint density at radius 2 is 1.92 bits per heavy atom. The van der Waals surface area contributed by atoms with Crippen molar-refractivity contribution in [3.05, 3.63) is 17.5 Å². The summed E-state index contributed by atoms with van der Waals surface area (Å²) >= 11 is 4.74. The van der Waals surface area contributed by atoms with Gasteiger partial charge in [-0.05, 0) is 32.1 Å². The van der Waals surface area contributed by atoms with Gasteiger partial charge in [0.1, 0.15) is 0 Å². The van der Waals surface area contributed by atoms with Gasteiger partial charge in [0.25, 0.3) is 0 Å². The molecule has 78 valence electrons. The summed E-state index contributed by atoms with van der Waals surface area (Å²) < 4.78 is 1.55. The van der Waals surface area contributed by atoms with E-state index in [1.807, 2.05) is 19.9 Å². The first-order valence-electron chi connectivity index (χ1n) is 2.94. The molecular formula is C6H9Br2N3PdS. The summed E-state index contributed by atoms with van der Waals surface area (Å²) in [6.45, 7) is 3.82. The molecule has 0 saturated carbocycles. The molecule has 0 saturated heterocycles. The molecule has 0 unspecified atom stereocenters. The molecule has 3 nitrogen and oxygen atoms in total. The summed E-state index contributed by atoms with van der Waals surface area (Å²) in [5.74, 6) is 0. The third-order valence-electron chi connectivity index (χ3n) is 1.22.